The summed E-state index contributed by atoms with van der Waals surface area (Å²) >= 11 is 0. The normalized spacial score (nSPS) is 19.0. The Bertz CT molecular complexity index is 1000. The molecule has 5 rings (SSSR count). The Morgan fingerprint density at radius 3 is 1.70 bits per heavy atom. The van der Waals surface area contributed by atoms with Crippen LogP contribution in [0.1, 0.15) is 55.1 Å². The number of nitrogens with zero attached hydrogens (tertiary/aromatic N) is 1. The average molecular weight is 476 g/mol. The van der Waals surface area contributed by atoms with Crippen molar-refractivity contribution < 1.29 is 8.83 Å². The molecule has 0 bridgehead atoms. The Kier molecular flexibility index (Phi) is 7.42. The smallest absolute Gasteiger partial charge is 0.148 e. The fourth-order valence-electron chi connectivity index (χ4n) is 4.84. The lowest BCUT2D eigenvalue weighted by molar-refractivity contribution is 0.573. The maximum atomic E-state index is 6.06. The van der Waals surface area contributed by atoms with E-state index in [9.17, 15) is 0 Å². The average Bonchev–Trinajstić information content (AvgIpc) is 3.65. The molecule has 3 nitrogen and oxygen atoms in total. The summed E-state index contributed by atoms with van der Waals surface area (Å²) in [5.41, 5.74) is 6.08. The van der Waals surface area contributed by atoms with Crippen molar-refractivity contribution in [2.24, 2.45) is 0 Å². The molecule has 33 heavy (non-hydrogen) atoms. The SMILES string of the molecule is CCCCN(P(c1ccco1)c1ccco1)P1[C@H](c2ccccc2)CC[C@H]1c1ccccc1. The third-order valence-corrected chi connectivity index (χ3v) is 12.6. The maximum absolute atomic E-state index is 6.06. The van der Waals surface area contributed by atoms with Crippen LogP contribution >= 0.6 is 16.1 Å². The molecule has 0 unspecified atom stereocenters. The molecule has 2 aromatic heterocycles. The largest absolute Gasteiger partial charge is 0.463 e. The van der Waals surface area contributed by atoms with Gasteiger partial charge in [-0.25, -0.2) is 4.44 Å². The van der Waals surface area contributed by atoms with Crippen molar-refractivity contribution in [3.05, 3.63) is 109 Å². The fourth-order valence-corrected chi connectivity index (χ4v) is 12.0. The maximum Gasteiger partial charge on any atom is 0.148 e. The minimum Gasteiger partial charge on any atom is -0.463 e. The number of hydrogen-bond donors (Lipinski definition) is 0. The van der Waals surface area contributed by atoms with Crippen molar-refractivity contribution in [2.45, 2.75) is 43.9 Å². The van der Waals surface area contributed by atoms with Crippen molar-refractivity contribution in [3.63, 3.8) is 0 Å². The lowest BCUT2D eigenvalue weighted by Crippen LogP contribution is -2.26. The van der Waals surface area contributed by atoms with Gasteiger partial charge in [0.1, 0.15) is 19.1 Å². The zero-order valence-corrected chi connectivity index (χ0v) is 20.9. The van der Waals surface area contributed by atoms with Crippen LogP contribution in [-0.4, -0.2) is 11.0 Å². The molecule has 0 saturated carbocycles. The van der Waals surface area contributed by atoms with Gasteiger partial charge in [-0.15, -0.1) is 0 Å². The van der Waals surface area contributed by atoms with Crippen LogP contribution in [0.5, 0.6) is 0 Å². The number of hydrogen-bond acceptors (Lipinski definition) is 3. The highest BCUT2D eigenvalue weighted by Gasteiger charge is 2.45. The lowest BCUT2D eigenvalue weighted by Gasteiger charge is -2.40. The van der Waals surface area contributed by atoms with Gasteiger partial charge < -0.3 is 8.83 Å². The standard InChI is InChI=1S/C28H31NO2P2/c1-2-3-20-29(33(27-16-10-21-30-27)28-17-11-22-31-28)32-25(23-12-6-4-7-13-23)18-19-26(32)24-14-8-5-9-15-24/h4-17,21-22,25-26H,2-3,18-20H2,1H3/t25-,26-/m0/s1. The topological polar surface area (TPSA) is 29.5 Å². The van der Waals surface area contributed by atoms with Crippen molar-refractivity contribution >= 4 is 27.1 Å². The summed E-state index contributed by atoms with van der Waals surface area (Å²) in [5, 5.41) is 0. The molecule has 0 aliphatic carbocycles. The molecule has 170 valence electrons. The minimum atomic E-state index is -0.868. The number of unbranched alkanes of at least 4 members (excludes halogenated alkanes) is 1. The first-order valence-corrected chi connectivity index (χ1v) is 14.6. The number of furan rings is 2. The van der Waals surface area contributed by atoms with Crippen molar-refractivity contribution in [3.8, 4) is 0 Å². The summed E-state index contributed by atoms with van der Waals surface area (Å²) in [4.78, 5) is 0. The molecule has 1 aliphatic rings. The molecule has 0 radical (unpaired) electrons. The van der Waals surface area contributed by atoms with Gasteiger partial charge in [0, 0.05) is 17.9 Å². The second-order valence-electron chi connectivity index (χ2n) is 8.47. The van der Waals surface area contributed by atoms with Gasteiger partial charge in [0.15, 0.2) is 0 Å². The Balaban J connectivity index is 1.63. The van der Waals surface area contributed by atoms with Gasteiger partial charge in [-0.05, 0) is 62.7 Å². The fraction of sp³-hybridized carbons (Fsp3) is 0.286. The van der Waals surface area contributed by atoms with E-state index in [-0.39, 0.29) is 0 Å². The van der Waals surface area contributed by atoms with Crippen LogP contribution in [-0.2, 0) is 0 Å². The monoisotopic (exact) mass is 475 g/mol. The molecule has 0 spiro atoms. The van der Waals surface area contributed by atoms with E-state index in [1.807, 2.05) is 12.1 Å². The van der Waals surface area contributed by atoms with Crippen molar-refractivity contribution in [1.82, 2.24) is 4.44 Å². The van der Waals surface area contributed by atoms with Crippen molar-refractivity contribution in [1.29, 1.82) is 0 Å². The molecule has 5 heteroatoms. The van der Waals surface area contributed by atoms with Crippen molar-refractivity contribution in [2.75, 3.05) is 6.54 Å². The zero-order valence-electron chi connectivity index (χ0n) is 19.1. The van der Waals surface area contributed by atoms with Gasteiger partial charge in [-0.3, -0.25) is 0 Å². The summed E-state index contributed by atoms with van der Waals surface area (Å²) in [6.45, 7) is 3.34. The zero-order chi connectivity index (χ0) is 22.5. The highest BCUT2D eigenvalue weighted by molar-refractivity contribution is 7.79. The first kappa shape index (κ1) is 22.6. The van der Waals surface area contributed by atoms with E-state index in [0.717, 1.165) is 17.5 Å². The van der Waals surface area contributed by atoms with Gasteiger partial charge in [0.05, 0.1) is 12.5 Å². The van der Waals surface area contributed by atoms with E-state index in [1.165, 1.54) is 36.8 Å². The molecule has 1 fully saturated rings. The van der Waals surface area contributed by atoms with Gasteiger partial charge in [0.25, 0.3) is 0 Å². The Morgan fingerprint density at radius 2 is 1.27 bits per heavy atom. The second-order valence-corrected chi connectivity index (χ2v) is 13.3. The van der Waals surface area contributed by atoms with E-state index >= 15 is 0 Å². The van der Waals surface area contributed by atoms with Gasteiger partial charge in [0.2, 0.25) is 0 Å². The van der Waals surface area contributed by atoms with Gasteiger partial charge in [-0.1, -0.05) is 74.0 Å². The van der Waals surface area contributed by atoms with Crippen LogP contribution in [0.3, 0.4) is 0 Å². The first-order valence-electron chi connectivity index (χ1n) is 11.9. The number of rotatable bonds is 9. The molecular formula is C28H31NO2P2. The van der Waals surface area contributed by atoms with Crippen LogP contribution < -0.4 is 11.0 Å². The quantitative estimate of drug-likeness (QED) is 0.230. The van der Waals surface area contributed by atoms with E-state index in [0.29, 0.717) is 11.3 Å². The molecule has 1 saturated heterocycles. The molecule has 1 aliphatic heterocycles. The molecule has 0 amide bonds. The summed E-state index contributed by atoms with van der Waals surface area (Å²) < 4.78 is 14.9. The lowest BCUT2D eigenvalue weighted by atomic mass is 10.0. The third kappa shape index (κ3) is 4.87. The van der Waals surface area contributed by atoms with E-state index in [2.05, 4.69) is 84.2 Å². The molecular weight excluding hydrogens is 444 g/mol. The van der Waals surface area contributed by atoms with Crippen LogP contribution in [0.25, 0.3) is 0 Å². The highest BCUT2D eigenvalue weighted by atomic mass is 31.2. The minimum absolute atomic E-state index is 0.506. The predicted molar refractivity (Wildman–Crippen MR) is 140 cm³/mol. The Morgan fingerprint density at radius 1 is 0.758 bits per heavy atom. The van der Waals surface area contributed by atoms with Crippen LogP contribution in [0.4, 0.5) is 0 Å². The van der Waals surface area contributed by atoms with E-state index < -0.39 is 16.1 Å². The van der Waals surface area contributed by atoms with Gasteiger partial charge >= 0.3 is 0 Å². The molecule has 3 heterocycles. The summed E-state index contributed by atoms with van der Waals surface area (Å²) in [6.07, 6.45) is 8.38. The highest BCUT2D eigenvalue weighted by Crippen LogP contribution is 2.76. The molecule has 2 atom stereocenters. The summed E-state index contributed by atoms with van der Waals surface area (Å²) in [6, 6.07) is 30.6. The van der Waals surface area contributed by atoms with Crippen LogP contribution in [0, 0.1) is 0 Å². The molecule has 4 aromatic rings. The summed E-state index contributed by atoms with van der Waals surface area (Å²) in [5.74, 6) is 0. The van der Waals surface area contributed by atoms with Crippen LogP contribution in [0.2, 0.25) is 0 Å². The summed E-state index contributed by atoms with van der Waals surface area (Å²) in [7, 11) is -1.37. The van der Waals surface area contributed by atoms with E-state index in [1.54, 1.807) is 12.5 Å². The van der Waals surface area contributed by atoms with E-state index in [4.69, 9.17) is 8.83 Å². The number of benzene rings is 2. The van der Waals surface area contributed by atoms with Gasteiger partial charge in [-0.2, -0.15) is 0 Å². The molecule has 0 N–H and O–H groups in total. The predicted octanol–water partition coefficient (Wildman–Crippen LogP) is 8.00. The third-order valence-electron chi connectivity index (χ3n) is 6.36. The van der Waals surface area contributed by atoms with Crippen LogP contribution in [0.15, 0.2) is 106 Å². The molecule has 2 aromatic carbocycles. The first-order chi connectivity index (χ1) is 16.4. The second kappa shape index (κ2) is 10.8. The Hall–Kier alpha value is -2.18. The Labute approximate surface area is 199 Å².